The molecule has 2 heterocycles. The lowest BCUT2D eigenvalue weighted by molar-refractivity contribution is -0.133. The van der Waals surface area contributed by atoms with Crippen LogP contribution in [0.1, 0.15) is 31.7 Å². The zero-order valence-corrected chi connectivity index (χ0v) is 13.6. The largest absolute Gasteiger partial charge is 0.379 e. The average molecular weight is 302 g/mol. The van der Waals surface area contributed by atoms with Gasteiger partial charge in [-0.25, -0.2) is 0 Å². The summed E-state index contributed by atoms with van der Waals surface area (Å²) >= 11 is 0. The highest BCUT2D eigenvalue weighted by Gasteiger charge is 2.38. The van der Waals surface area contributed by atoms with Crippen molar-refractivity contribution in [3.63, 3.8) is 0 Å². The Labute approximate surface area is 133 Å². The van der Waals surface area contributed by atoms with Gasteiger partial charge in [0.25, 0.3) is 0 Å². The lowest BCUT2D eigenvalue weighted by Gasteiger charge is -2.36. The van der Waals surface area contributed by atoms with Crippen LogP contribution >= 0.6 is 0 Å². The summed E-state index contributed by atoms with van der Waals surface area (Å²) in [6, 6.07) is 10.9. The molecule has 4 heteroatoms. The second-order valence-electron chi connectivity index (χ2n) is 6.41. The molecular formula is C18H26N2O2. The molecule has 3 atom stereocenters. The second kappa shape index (κ2) is 6.80. The van der Waals surface area contributed by atoms with E-state index in [4.69, 9.17) is 4.74 Å². The first-order chi connectivity index (χ1) is 10.7. The van der Waals surface area contributed by atoms with Gasteiger partial charge in [-0.15, -0.1) is 0 Å². The van der Waals surface area contributed by atoms with Gasteiger partial charge in [-0.3, -0.25) is 9.69 Å². The summed E-state index contributed by atoms with van der Waals surface area (Å²) in [6.45, 7) is 8.71. The molecule has 2 saturated heterocycles. The Kier molecular flexibility index (Phi) is 4.79. The lowest BCUT2D eigenvalue weighted by atomic mass is 9.99. The number of morpholine rings is 1. The van der Waals surface area contributed by atoms with E-state index in [1.165, 1.54) is 0 Å². The fraction of sp³-hybridized carbons (Fsp3) is 0.611. The molecule has 0 unspecified atom stereocenters. The van der Waals surface area contributed by atoms with Crippen LogP contribution in [0.25, 0.3) is 0 Å². The summed E-state index contributed by atoms with van der Waals surface area (Å²) in [5.74, 6) is 0.196. The standard InChI is InChI=1S/C18H26N2O2/c1-14(16-6-4-3-5-7-16)18(21)20-9-8-17(15(20)2)19-10-12-22-13-11-19/h3-7,14-15,17H,8-13H2,1-2H3/t14-,15+,17+/m0/s1. The minimum absolute atomic E-state index is 0.0629. The van der Waals surface area contributed by atoms with Crippen LogP contribution in [0, 0.1) is 0 Å². The van der Waals surface area contributed by atoms with E-state index in [0.717, 1.165) is 44.8 Å². The molecule has 0 spiro atoms. The maximum Gasteiger partial charge on any atom is 0.230 e. The van der Waals surface area contributed by atoms with Crippen LogP contribution in [0.5, 0.6) is 0 Å². The normalized spacial score (nSPS) is 27.8. The quantitative estimate of drug-likeness (QED) is 0.857. The summed E-state index contributed by atoms with van der Waals surface area (Å²) in [7, 11) is 0. The number of ether oxygens (including phenoxy) is 1. The topological polar surface area (TPSA) is 32.8 Å². The SMILES string of the molecule is C[C@H](C(=O)N1CC[C@@H](N2CCOCC2)[C@H]1C)c1ccccc1. The Morgan fingerprint density at radius 1 is 1.18 bits per heavy atom. The number of rotatable bonds is 3. The number of benzene rings is 1. The fourth-order valence-electron chi connectivity index (χ4n) is 3.76. The van der Waals surface area contributed by atoms with Crippen LogP contribution in [-0.4, -0.2) is 60.6 Å². The van der Waals surface area contributed by atoms with Crippen molar-refractivity contribution >= 4 is 5.91 Å². The first kappa shape index (κ1) is 15.5. The molecule has 0 N–H and O–H groups in total. The fourth-order valence-corrected chi connectivity index (χ4v) is 3.76. The average Bonchev–Trinajstić information content (AvgIpc) is 2.96. The van der Waals surface area contributed by atoms with Gasteiger partial charge in [0.15, 0.2) is 0 Å². The van der Waals surface area contributed by atoms with Crippen molar-refractivity contribution in [2.45, 2.75) is 38.3 Å². The van der Waals surface area contributed by atoms with Gasteiger partial charge in [0.05, 0.1) is 19.1 Å². The van der Waals surface area contributed by atoms with Crippen LogP contribution in [0.15, 0.2) is 30.3 Å². The number of hydrogen-bond donors (Lipinski definition) is 0. The van der Waals surface area contributed by atoms with Gasteiger partial charge in [-0.1, -0.05) is 30.3 Å². The molecule has 2 aliphatic rings. The van der Waals surface area contributed by atoms with Gasteiger partial charge in [-0.2, -0.15) is 0 Å². The second-order valence-corrected chi connectivity index (χ2v) is 6.41. The van der Waals surface area contributed by atoms with Gasteiger partial charge < -0.3 is 9.64 Å². The van der Waals surface area contributed by atoms with Gasteiger partial charge in [-0.05, 0) is 25.8 Å². The highest BCUT2D eigenvalue weighted by molar-refractivity contribution is 5.84. The number of likely N-dealkylation sites (tertiary alicyclic amines) is 1. The van der Waals surface area contributed by atoms with E-state index in [9.17, 15) is 4.79 Å². The third-order valence-corrected chi connectivity index (χ3v) is 5.18. The molecule has 0 aromatic heterocycles. The molecule has 1 aromatic rings. The highest BCUT2D eigenvalue weighted by Crippen LogP contribution is 2.27. The van der Waals surface area contributed by atoms with Gasteiger partial charge in [0.1, 0.15) is 0 Å². The van der Waals surface area contributed by atoms with Crippen molar-refractivity contribution in [1.82, 2.24) is 9.80 Å². The Hall–Kier alpha value is -1.39. The molecule has 2 fully saturated rings. The molecule has 0 bridgehead atoms. The van der Waals surface area contributed by atoms with Gasteiger partial charge >= 0.3 is 0 Å². The molecule has 3 rings (SSSR count). The number of amides is 1. The Morgan fingerprint density at radius 3 is 2.55 bits per heavy atom. The third-order valence-electron chi connectivity index (χ3n) is 5.18. The van der Waals surface area contributed by atoms with Crippen LogP contribution in [0.3, 0.4) is 0 Å². The van der Waals surface area contributed by atoms with Gasteiger partial charge in [0, 0.05) is 31.7 Å². The number of hydrogen-bond acceptors (Lipinski definition) is 3. The van der Waals surface area contributed by atoms with E-state index in [-0.39, 0.29) is 17.9 Å². The Bertz CT molecular complexity index is 499. The molecule has 1 amide bonds. The van der Waals surface area contributed by atoms with Crippen molar-refractivity contribution in [2.24, 2.45) is 0 Å². The summed E-state index contributed by atoms with van der Waals surface area (Å²) in [6.07, 6.45) is 1.08. The molecule has 22 heavy (non-hydrogen) atoms. The van der Waals surface area contributed by atoms with Gasteiger partial charge in [0.2, 0.25) is 5.91 Å². The first-order valence-electron chi connectivity index (χ1n) is 8.35. The summed E-state index contributed by atoms with van der Waals surface area (Å²) in [4.78, 5) is 17.4. The molecule has 0 aliphatic carbocycles. The zero-order valence-electron chi connectivity index (χ0n) is 13.6. The van der Waals surface area contributed by atoms with Crippen LogP contribution < -0.4 is 0 Å². The molecule has 4 nitrogen and oxygen atoms in total. The van der Waals surface area contributed by atoms with E-state index >= 15 is 0 Å². The summed E-state index contributed by atoms with van der Waals surface area (Å²) < 4.78 is 5.44. The van der Waals surface area contributed by atoms with Crippen molar-refractivity contribution in [1.29, 1.82) is 0 Å². The maximum atomic E-state index is 12.9. The van der Waals surface area contributed by atoms with E-state index < -0.39 is 0 Å². The lowest BCUT2D eigenvalue weighted by Crippen LogP contribution is -2.49. The smallest absolute Gasteiger partial charge is 0.230 e. The minimum Gasteiger partial charge on any atom is -0.379 e. The Balaban J connectivity index is 1.66. The van der Waals surface area contributed by atoms with E-state index in [1.807, 2.05) is 37.3 Å². The molecule has 1 aromatic carbocycles. The minimum atomic E-state index is -0.0629. The predicted octanol–water partition coefficient (Wildman–Crippen LogP) is 2.11. The summed E-state index contributed by atoms with van der Waals surface area (Å²) in [5, 5.41) is 0. The van der Waals surface area contributed by atoms with Crippen LogP contribution in [0.2, 0.25) is 0 Å². The molecule has 2 aliphatic heterocycles. The zero-order chi connectivity index (χ0) is 15.5. The van der Waals surface area contributed by atoms with Crippen molar-refractivity contribution in [3.8, 4) is 0 Å². The van der Waals surface area contributed by atoms with Crippen LogP contribution in [-0.2, 0) is 9.53 Å². The monoisotopic (exact) mass is 302 g/mol. The summed E-state index contributed by atoms with van der Waals surface area (Å²) in [5.41, 5.74) is 1.11. The predicted molar refractivity (Wildman–Crippen MR) is 86.8 cm³/mol. The molecule has 120 valence electrons. The van der Waals surface area contributed by atoms with Crippen molar-refractivity contribution in [2.75, 3.05) is 32.8 Å². The number of nitrogens with zero attached hydrogens (tertiary/aromatic N) is 2. The number of carbonyl (C=O) groups excluding carboxylic acids is 1. The third kappa shape index (κ3) is 3.03. The first-order valence-corrected chi connectivity index (χ1v) is 8.35. The molecule has 0 saturated carbocycles. The molecule has 0 radical (unpaired) electrons. The van der Waals surface area contributed by atoms with E-state index in [2.05, 4.69) is 16.7 Å². The van der Waals surface area contributed by atoms with Crippen molar-refractivity contribution < 1.29 is 9.53 Å². The van der Waals surface area contributed by atoms with E-state index in [0.29, 0.717) is 6.04 Å². The molecular weight excluding hydrogens is 276 g/mol. The van der Waals surface area contributed by atoms with Crippen molar-refractivity contribution in [3.05, 3.63) is 35.9 Å². The van der Waals surface area contributed by atoms with Crippen LogP contribution in [0.4, 0.5) is 0 Å². The number of carbonyl (C=O) groups is 1. The Morgan fingerprint density at radius 2 is 1.86 bits per heavy atom. The maximum absolute atomic E-state index is 12.9. The van der Waals surface area contributed by atoms with E-state index in [1.54, 1.807) is 0 Å². The highest BCUT2D eigenvalue weighted by atomic mass is 16.5.